The topological polar surface area (TPSA) is 21.3 Å². The van der Waals surface area contributed by atoms with Gasteiger partial charge in [-0.15, -0.1) is 0 Å². The van der Waals surface area contributed by atoms with Gasteiger partial charge in [0.05, 0.1) is 12.6 Å². The van der Waals surface area contributed by atoms with Gasteiger partial charge in [0.15, 0.2) is 0 Å². The molecule has 1 N–H and O–H groups in total. The molecule has 0 aliphatic carbocycles. The number of nitrogens with one attached hydrogen (secondary N) is 1. The van der Waals surface area contributed by atoms with Crippen molar-refractivity contribution in [3.8, 4) is 0 Å². The molecule has 0 fully saturated rings. The Kier molecular flexibility index (Phi) is 5.66. The molecule has 0 saturated carbocycles. The predicted molar refractivity (Wildman–Crippen MR) is 73.6 cm³/mol. The minimum atomic E-state index is 0.305. The van der Waals surface area contributed by atoms with Crippen LogP contribution < -0.4 is 5.32 Å². The van der Waals surface area contributed by atoms with Crippen LogP contribution in [0.2, 0.25) is 0 Å². The average Bonchev–Trinajstić information content (AvgIpc) is 2.29. The van der Waals surface area contributed by atoms with Gasteiger partial charge in [-0.25, -0.2) is 0 Å². The minimum absolute atomic E-state index is 0.305. The van der Waals surface area contributed by atoms with E-state index in [2.05, 4.69) is 45.1 Å². The van der Waals surface area contributed by atoms with Crippen LogP contribution in [0.25, 0.3) is 0 Å². The van der Waals surface area contributed by atoms with Crippen molar-refractivity contribution in [1.29, 1.82) is 0 Å². The van der Waals surface area contributed by atoms with Crippen LogP contribution in [0, 0.1) is 20.8 Å². The van der Waals surface area contributed by atoms with E-state index in [9.17, 15) is 0 Å². The Balaban J connectivity index is 2.96. The summed E-state index contributed by atoms with van der Waals surface area (Å²) >= 11 is 0. The van der Waals surface area contributed by atoms with Crippen molar-refractivity contribution < 1.29 is 4.74 Å². The first-order valence-corrected chi connectivity index (χ1v) is 6.49. The molecule has 0 heterocycles. The molecule has 1 unspecified atom stereocenters. The number of hydrogen-bond acceptors (Lipinski definition) is 2. The van der Waals surface area contributed by atoms with Gasteiger partial charge in [0.25, 0.3) is 0 Å². The molecule has 2 heteroatoms. The first kappa shape index (κ1) is 14.2. The fraction of sp³-hybridized carbons (Fsp3) is 0.600. The molecule has 96 valence electrons. The summed E-state index contributed by atoms with van der Waals surface area (Å²) in [5.41, 5.74) is 5.42. The molecule has 0 amide bonds. The van der Waals surface area contributed by atoms with Gasteiger partial charge in [-0.3, -0.25) is 0 Å². The van der Waals surface area contributed by atoms with Crippen molar-refractivity contribution >= 4 is 0 Å². The fourth-order valence-corrected chi connectivity index (χ4v) is 2.10. The molecule has 1 aromatic rings. The van der Waals surface area contributed by atoms with Gasteiger partial charge in [-0.2, -0.15) is 0 Å². The number of rotatable bonds is 6. The predicted octanol–water partition coefficient (Wildman–Crippen LogP) is 3.30. The second kappa shape index (κ2) is 6.77. The zero-order chi connectivity index (χ0) is 12.8. The summed E-state index contributed by atoms with van der Waals surface area (Å²) in [6.45, 7) is 13.2. The van der Waals surface area contributed by atoms with E-state index in [1.165, 1.54) is 22.3 Å². The fourth-order valence-electron chi connectivity index (χ4n) is 2.10. The zero-order valence-electron chi connectivity index (χ0n) is 11.8. The van der Waals surface area contributed by atoms with Crippen LogP contribution in [0.1, 0.15) is 42.1 Å². The van der Waals surface area contributed by atoms with E-state index in [0.717, 1.165) is 19.8 Å². The first-order valence-electron chi connectivity index (χ1n) is 6.49. The Labute approximate surface area is 105 Å². The van der Waals surface area contributed by atoms with Crippen LogP contribution in [0.5, 0.6) is 0 Å². The van der Waals surface area contributed by atoms with Crippen molar-refractivity contribution in [1.82, 2.24) is 5.32 Å². The summed E-state index contributed by atoms with van der Waals surface area (Å²) in [7, 11) is 0. The largest absolute Gasteiger partial charge is 0.380 e. The Morgan fingerprint density at radius 1 is 1.06 bits per heavy atom. The van der Waals surface area contributed by atoms with Crippen molar-refractivity contribution in [2.75, 3.05) is 19.8 Å². The third-order valence-corrected chi connectivity index (χ3v) is 3.20. The highest BCUT2D eigenvalue weighted by atomic mass is 16.5. The summed E-state index contributed by atoms with van der Waals surface area (Å²) < 4.78 is 5.57. The molecular weight excluding hydrogens is 210 g/mol. The van der Waals surface area contributed by atoms with Gasteiger partial charge in [-0.05, 0) is 56.5 Å². The van der Waals surface area contributed by atoms with E-state index in [-0.39, 0.29) is 0 Å². The molecule has 0 saturated heterocycles. The highest BCUT2D eigenvalue weighted by Gasteiger charge is 2.13. The van der Waals surface area contributed by atoms with Crippen LogP contribution in [0.3, 0.4) is 0 Å². The molecule has 0 aliphatic rings. The number of hydrogen-bond donors (Lipinski definition) is 1. The van der Waals surface area contributed by atoms with Gasteiger partial charge in [0.1, 0.15) is 0 Å². The van der Waals surface area contributed by atoms with Crippen molar-refractivity contribution in [3.05, 3.63) is 34.4 Å². The molecule has 2 nitrogen and oxygen atoms in total. The molecule has 0 aliphatic heterocycles. The number of benzene rings is 1. The lowest BCUT2D eigenvalue weighted by molar-refractivity contribution is 0.123. The van der Waals surface area contributed by atoms with Gasteiger partial charge < -0.3 is 10.1 Å². The Morgan fingerprint density at radius 2 is 1.71 bits per heavy atom. The summed E-state index contributed by atoms with van der Waals surface area (Å²) in [6, 6.07) is 4.86. The Hall–Kier alpha value is -0.860. The monoisotopic (exact) mass is 235 g/mol. The van der Waals surface area contributed by atoms with E-state index in [1.54, 1.807) is 0 Å². The summed E-state index contributed by atoms with van der Waals surface area (Å²) in [6.07, 6.45) is 0. The second-order valence-corrected chi connectivity index (χ2v) is 4.56. The average molecular weight is 235 g/mol. The maximum Gasteiger partial charge on any atom is 0.0661 e. The maximum atomic E-state index is 5.57. The smallest absolute Gasteiger partial charge is 0.0661 e. The van der Waals surface area contributed by atoms with Gasteiger partial charge in [0.2, 0.25) is 0 Å². The summed E-state index contributed by atoms with van der Waals surface area (Å²) in [5, 5.41) is 3.50. The number of aryl methyl sites for hydroxylation is 3. The molecule has 0 bridgehead atoms. The highest BCUT2D eigenvalue weighted by Crippen LogP contribution is 2.22. The second-order valence-electron chi connectivity index (χ2n) is 4.56. The maximum absolute atomic E-state index is 5.57. The van der Waals surface area contributed by atoms with Crippen LogP contribution in [-0.4, -0.2) is 19.8 Å². The van der Waals surface area contributed by atoms with E-state index < -0.39 is 0 Å². The Morgan fingerprint density at radius 3 is 2.29 bits per heavy atom. The van der Waals surface area contributed by atoms with E-state index >= 15 is 0 Å². The molecule has 17 heavy (non-hydrogen) atoms. The molecular formula is C15H25NO. The van der Waals surface area contributed by atoms with Crippen molar-refractivity contribution in [3.63, 3.8) is 0 Å². The molecule has 0 aromatic heterocycles. The van der Waals surface area contributed by atoms with Gasteiger partial charge in [-0.1, -0.05) is 19.1 Å². The normalized spacial score (nSPS) is 12.8. The lowest BCUT2D eigenvalue weighted by Gasteiger charge is -2.21. The van der Waals surface area contributed by atoms with Crippen LogP contribution >= 0.6 is 0 Å². The van der Waals surface area contributed by atoms with Crippen molar-refractivity contribution in [2.24, 2.45) is 0 Å². The standard InChI is InChI=1S/C15H25NO/c1-6-16-15(10-17-7-2)14-9-12(4)11(3)8-13(14)5/h8-9,15-16H,6-7,10H2,1-5H3. The first-order chi connectivity index (χ1) is 8.10. The number of likely N-dealkylation sites (N-methyl/N-ethyl adjacent to an activating group) is 1. The lowest BCUT2D eigenvalue weighted by atomic mass is 9.96. The van der Waals surface area contributed by atoms with Crippen LogP contribution in [0.15, 0.2) is 12.1 Å². The van der Waals surface area contributed by atoms with Crippen LogP contribution in [0.4, 0.5) is 0 Å². The van der Waals surface area contributed by atoms with E-state index in [4.69, 9.17) is 4.74 Å². The minimum Gasteiger partial charge on any atom is -0.380 e. The zero-order valence-corrected chi connectivity index (χ0v) is 11.8. The molecule has 0 spiro atoms. The Bertz CT molecular complexity index is 360. The molecule has 1 aromatic carbocycles. The van der Waals surface area contributed by atoms with Crippen molar-refractivity contribution in [2.45, 2.75) is 40.7 Å². The van der Waals surface area contributed by atoms with Gasteiger partial charge in [0, 0.05) is 6.61 Å². The summed E-state index contributed by atoms with van der Waals surface area (Å²) in [5.74, 6) is 0. The van der Waals surface area contributed by atoms with Crippen LogP contribution in [-0.2, 0) is 4.74 Å². The third-order valence-electron chi connectivity index (χ3n) is 3.20. The lowest BCUT2D eigenvalue weighted by Crippen LogP contribution is -2.26. The quantitative estimate of drug-likeness (QED) is 0.817. The van der Waals surface area contributed by atoms with E-state index in [0.29, 0.717) is 6.04 Å². The molecule has 1 atom stereocenters. The van der Waals surface area contributed by atoms with Gasteiger partial charge >= 0.3 is 0 Å². The third kappa shape index (κ3) is 3.83. The highest BCUT2D eigenvalue weighted by molar-refractivity contribution is 5.38. The van der Waals surface area contributed by atoms with E-state index in [1.807, 2.05) is 6.92 Å². The molecule has 1 rings (SSSR count). The SMILES string of the molecule is CCNC(COCC)c1cc(C)c(C)cc1C. The molecule has 0 radical (unpaired) electrons. The summed E-state index contributed by atoms with van der Waals surface area (Å²) in [4.78, 5) is 0. The number of ether oxygens (including phenoxy) is 1.